The van der Waals surface area contributed by atoms with E-state index in [2.05, 4.69) is 5.32 Å². The van der Waals surface area contributed by atoms with Gasteiger partial charge in [0.2, 0.25) is 0 Å². The Bertz CT molecular complexity index is 916. The summed E-state index contributed by atoms with van der Waals surface area (Å²) in [5, 5.41) is 4.07. The fourth-order valence-electron chi connectivity index (χ4n) is 2.72. The van der Waals surface area contributed by atoms with Gasteiger partial charge in [0, 0.05) is 16.1 Å². The molecular weight excluding hydrogens is 330 g/mol. The van der Waals surface area contributed by atoms with Crippen LogP contribution in [0.2, 0.25) is 5.02 Å². The molecule has 0 spiro atoms. The smallest absolute Gasteiger partial charge is 0.169 e. The first-order valence-corrected chi connectivity index (χ1v) is 8.46. The molecule has 0 amide bonds. The maximum atomic E-state index is 6.02. The number of rotatable bonds is 3. The van der Waals surface area contributed by atoms with Crippen molar-refractivity contribution in [3.05, 3.63) is 107 Å². The van der Waals surface area contributed by atoms with Crippen molar-refractivity contribution in [3.63, 3.8) is 0 Å². The lowest BCUT2D eigenvalue weighted by molar-refractivity contribution is 0.756. The normalized spacial score (nSPS) is 16.6. The quantitative estimate of drug-likeness (QED) is 0.724. The molecule has 1 aliphatic rings. The average Bonchev–Trinajstić information content (AvgIpc) is 2.69. The van der Waals surface area contributed by atoms with E-state index in [1.807, 2.05) is 84.9 Å². The zero-order chi connectivity index (χ0) is 17.1. The molecule has 0 saturated carbocycles. The first-order valence-electron chi connectivity index (χ1n) is 8.08. The Balaban J connectivity index is 1.77. The summed E-state index contributed by atoms with van der Waals surface area (Å²) in [4.78, 5) is 9.61. The molecule has 1 heterocycles. The number of nitrogens with one attached hydrogen (secondary N) is 1. The summed E-state index contributed by atoms with van der Waals surface area (Å²) in [6, 6.07) is 27.8. The van der Waals surface area contributed by atoms with Crippen LogP contribution in [0.4, 0.5) is 0 Å². The highest BCUT2D eigenvalue weighted by molar-refractivity contribution is 6.30. The summed E-state index contributed by atoms with van der Waals surface area (Å²) in [7, 11) is 0. The van der Waals surface area contributed by atoms with E-state index in [4.69, 9.17) is 21.6 Å². The van der Waals surface area contributed by atoms with Crippen molar-refractivity contribution in [2.45, 2.75) is 6.17 Å². The number of benzene rings is 3. The predicted molar refractivity (Wildman–Crippen MR) is 103 cm³/mol. The molecule has 4 heteroatoms. The van der Waals surface area contributed by atoms with Gasteiger partial charge in [0.1, 0.15) is 11.7 Å². The molecule has 0 radical (unpaired) electrons. The summed E-state index contributed by atoms with van der Waals surface area (Å²) in [5.41, 5.74) is 3.07. The molecule has 3 aromatic rings. The summed E-state index contributed by atoms with van der Waals surface area (Å²) < 4.78 is 0. The molecule has 1 N–H and O–H groups in total. The minimum Gasteiger partial charge on any atom is -0.324 e. The van der Waals surface area contributed by atoms with Crippen molar-refractivity contribution in [3.8, 4) is 0 Å². The molecular formula is C21H16ClN3. The minimum absolute atomic E-state index is 0.275. The van der Waals surface area contributed by atoms with Gasteiger partial charge in [0.15, 0.2) is 6.17 Å². The van der Waals surface area contributed by atoms with Gasteiger partial charge >= 0.3 is 0 Å². The van der Waals surface area contributed by atoms with Gasteiger partial charge in [-0.25, -0.2) is 9.98 Å². The van der Waals surface area contributed by atoms with Crippen LogP contribution in [-0.4, -0.2) is 11.7 Å². The Morgan fingerprint density at radius 2 is 1.16 bits per heavy atom. The van der Waals surface area contributed by atoms with E-state index in [1.165, 1.54) is 0 Å². The first-order chi connectivity index (χ1) is 12.3. The van der Waals surface area contributed by atoms with E-state index in [9.17, 15) is 0 Å². The Morgan fingerprint density at radius 1 is 0.640 bits per heavy atom. The largest absolute Gasteiger partial charge is 0.324 e. The Morgan fingerprint density at radius 3 is 1.76 bits per heavy atom. The third-order valence-corrected chi connectivity index (χ3v) is 4.25. The maximum absolute atomic E-state index is 6.02. The molecule has 0 bridgehead atoms. The van der Waals surface area contributed by atoms with E-state index in [1.54, 1.807) is 0 Å². The van der Waals surface area contributed by atoms with E-state index in [-0.39, 0.29) is 6.17 Å². The van der Waals surface area contributed by atoms with Crippen LogP contribution < -0.4 is 5.32 Å². The van der Waals surface area contributed by atoms with Gasteiger partial charge in [-0.3, -0.25) is 0 Å². The van der Waals surface area contributed by atoms with Gasteiger partial charge in [0.25, 0.3) is 0 Å². The number of hydrogen-bond acceptors (Lipinski definition) is 3. The Kier molecular flexibility index (Phi) is 4.32. The second kappa shape index (κ2) is 6.91. The average molecular weight is 346 g/mol. The van der Waals surface area contributed by atoms with E-state index in [0.29, 0.717) is 5.02 Å². The van der Waals surface area contributed by atoms with Crippen LogP contribution >= 0.6 is 11.6 Å². The molecule has 4 rings (SSSR count). The molecule has 0 aliphatic carbocycles. The van der Waals surface area contributed by atoms with Crippen LogP contribution in [0, 0.1) is 0 Å². The van der Waals surface area contributed by atoms with Gasteiger partial charge in [-0.1, -0.05) is 72.3 Å². The predicted octanol–water partition coefficient (Wildman–Crippen LogP) is 4.84. The Labute approximate surface area is 151 Å². The van der Waals surface area contributed by atoms with Crippen molar-refractivity contribution in [1.82, 2.24) is 5.32 Å². The number of halogens is 1. The highest BCUT2D eigenvalue weighted by atomic mass is 35.5. The third kappa shape index (κ3) is 3.47. The van der Waals surface area contributed by atoms with Gasteiger partial charge < -0.3 is 5.32 Å². The van der Waals surface area contributed by atoms with E-state index < -0.39 is 0 Å². The van der Waals surface area contributed by atoms with Crippen LogP contribution in [0.25, 0.3) is 0 Å². The van der Waals surface area contributed by atoms with Crippen LogP contribution in [-0.2, 0) is 0 Å². The van der Waals surface area contributed by atoms with E-state index >= 15 is 0 Å². The van der Waals surface area contributed by atoms with Crippen LogP contribution in [0.15, 0.2) is 94.9 Å². The molecule has 1 atom stereocenters. The summed E-state index contributed by atoms with van der Waals surface area (Å²) in [5.74, 6) is 1.61. The van der Waals surface area contributed by atoms with Gasteiger partial charge in [-0.2, -0.15) is 0 Å². The topological polar surface area (TPSA) is 36.8 Å². The zero-order valence-electron chi connectivity index (χ0n) is 13.4. The van der Waals surface area contributed by atoms with Crippen molar-refractivity contribution < 1.29 is 0 Å². The van der Waals surface area contributed by atoms with Gasteiger partial charge in [-0.05, 0) is 29.8 Å². The lowest BCUT2D eigenvalue weighted by atomic mass is 10.1. The standard InChI is InChI=1S/C21H16ClN3/c22-18-13-11-17(12-14-18)21-24-19(15-7-3-1-4-8-15)23-20(25-21)16-9-5-2-6-10-16/h1-14,19H,(H,23,24,25). The first kappa shape index (κ1) is 15.6. The lowest BCUT2D eigenvalue weighted by Crippen LogP contribution is -2.35. The molecule has 25 heavy (non-hydrogen) atoms. The fourth-order valence-corrected chi connectivity index (χ4v) is 2.85. The van der Waals surface area contributed by atoms with Crippen molar-refractivity contribution >= 4 is 23.3 Å². The number of nitrogens with zero attached hydrogens (tertiary/aromatic N) is 2. The van der Waals surface area contributed by atoms with Crippen molar-refractivity contribution in [1.29, 1.82) is 0 Å². The Hall–Kier alpha value is -2.91. The summed E-state index contributed by atoms with van der Waals surface area (Å²) in [6.45, 7) is 0. The molecule has 0 fully saturated rings. The highest BCUT2D eigenvalue weighted by Crippen LogP contribution is 2.24. The maximum Gasteiger partial charge on any atom is 0.169 e. The molecule has 3 nitrogen and oxygen atoms in total. The molecule has 0 aromatic heterocycles. The molecule has 122 valence electrons. The zero-order valence-corrected chi connectivity index (χ0v) is 14.2. The molecule has 1 aliphatic heterocycles. The second-order valence-corrected chi connectivity index (χ2v) is 6.17. The van der Waals surface area contributed by atoms with Crippen LogP contribution in [0.1, 0.15) is 22.9 Å². The van der Waals surface area contributed by atoms with Crippen molar-refractivity contribution in [2.75, 3.05) is 0 Å². The van der Waals surface area contributed by atoms with Crippen LogP contribution in [0.5, 0.6) is 0 Å². The minimum atomic E-state index is -0.275. The highest BCUT2D eigenvalue weighted by Gasteiger charge is 2.20. The third-order valence-electron chi connectivity index (χ3n) is 4.00. The summed E-state index contributed by atoms with van der Waals surface area (Å²) >= 11 is 6.02. The van der Waals surface area contributed by atoms with Crippen LogP contribution in [0.3, 0.4) is 0 Å². The molecule has 3 aromatic carbocycles. The lowest BCUT2D eigenvalue weighted by Gasteiger charge is -2.22. The SMILES string of the molecule is Clc1ccc(C2=NC(c3ccccc3)N=C(c3ccccc3)N2)cc1. The fraction of sp³-hybridized carbons (Fsp3) is 0.0476. The van der Waals surface area contributed by atoms with Gasteiger partial charge in [0.05, 0.1) is 0 Å². The second-order valence-electron chi connectivity index (χ2n) is 5.74. The number of aliphatic imine (C=N–C) groups is 2. The van der Waals surface area contributed by atoms with Crippen molar-refractivity contribution in [2.24, 2.45) is 9.98 Å². The summed E-state index contributed by atoms with van der Waals surface area (Å²) in [6.07, 6.45) is -0.275. The monoisotopic (exact) mass is 345 g/mol. The molecule has 1 unspecified atom stereocenters. The van der Waals surface area contributed by atoms with E-state index in [0.717, 1.165) is 28.4 Å². The number of hydrogen-bond donors (Lipinski definition) is 1. The number of amidine groups is 2. The van der Waals surface area contributed by atoms with Gasteiger partial charge in [-0.15, -0.1) is 0 Å². The molecule has 0 saturated heterocycles.